The fourth-order valence-corrected chi connectivity index (χ4v) is 2.57. The Morgan fingerprint density at radius 1 is 1.37 bits per heavy atom. The Labute approximate surface area is 114 Å². The SMILES string of the molecule is CCCn1cc(N)cc1C(=O)NCCN1CCCC1. The number of likely N-dealkylation sites (tertiary alicyclic amines) is 1. The number of hydrogen-bond acceptors (Lipinski definition) is 3. The molecule has 0 atom stereocenters. The predicted octanol–water partition coefficient (Wildman–Crippen LogP) is 1.31. The van der Waals surface area contributed by atoms with Crippen molar-refractivity contribution in [2.24, 2.45) is 0 Å². The van der Waals surface area contributed by atoms with Crippen molar-refractivity contribution in [2.45, 2.75) is 32.7 Å². The molecule has 1 amide bonds. The average molecular weight is 264 g/mol. The minimum atomic E-state index is -0.0238. The molecule has 19 heavy (non-hydrogen) atoms. The van der Waals surface area contributed by atoms with Crippen LogP contribution in [0.25, 0.3) is 0 Å². The molecule has 0 aliphatic carbocycles. The van der Waals surface area contributed by atoms with E-state index in [9.17, 15) is 4.79 Å². The number of carbonyl (C=O) groups is 1. The lowest BCUT2D eigenvalue weighted by molar-refractivity contribution is 0.0940. The van der Waals surface area contributed by atoms with Crippen LogP contribution >= 0.6 is 0 Å². The van der Waals surface area contributed by atoms with Gasteiger partial charge in [-0.15, -0.1) is 0 Å². The molecule has 0 spiro atoms. The first-order valence-corrected chi connectivity index (χ1v) is 7.17. The number of nitrogens with one attached hydrogen (secondary N) is 1. The summed E-state index contributed by atoms with van der Waals surface area (Å²) in [5, 5.41) is 2.98. The van der Waals surface area contributed by atoms with E-state index in [0.717, 1.165) is 32.6 Å². The topological polar surface area (TPSA) is 63.3 Å². The van der Waals surface area contributed by atoms with E-state index in [0.29, 0.717) is 17.9 Å². The van der Waals surface area contributed by atoms with E-state index >= 15 is 0 Å². The first kappa shape index (κ1) is 13.9. The zero-order valence-corrected chi connectivity index (χ0v) is 11.7. The Balaban J connectivity index is 1.84. The minimum Gasteiger partial charge on any atom is -0.397 e. The van der Waals surface area contributed by atoms with E-state index in [2.05, 4.69) is 17.1 Å². The number of amides is 1. The Kier molecular flexibility index (Phi) is 4.85. The smallest absolute Gasteiger partial charge is 0.268 e. The second kappa shape index (κ2) is 6.61. The van der Waals surface area contributed by atoms with Gasteiger partial charge in [-0.3, -0.25) is 4.79 Å². The van der Waals surface area contributed by atoms with Crippen molar-refractivity contribution in [1.29, 1.82) is 0 Å². The van der Waals surface area contributed by atoms with Crippen molar-refractivity contribution in [1.82, 2.24) is 14.8 Å². The summed E-state index contributed by atoms with van der Waals surface area (Å²) in [6, 6.07) is 1.75. The van der Waals surface area contributed by atoms with Crippen molar-refractivity contribution in [3.63, 3.8) is 0 Å². The van der Waals surface area contributed by atoms with E-state index in [4.69, 9.17) is 5.73 Å². The molecule has 0 aromatic carbocycles. The Morgan fingerprint density at radius 2 is 2.11 bits per heavy atom. The van der Waals surface area contributed by atoms with Gasteiger partial charge in [0.1, 0.15) is 5.69 Å². The van der Waals surface area contributed by atoms with Crippen LogP contribution in [0, 0.1) is 0 Å². The van der Waals surface area contributed by atoms with Crippen molar-refractivity contribution < 1.29 is 4.79 Å². The van der Waals surface area contributed by atoms with E-state index in [1.807, 2.05) is 10.8 Å². The Bertz CT molecular complexity index is 421. The van der Waals surface area contributed by atoms with Crippen LogP contribution in [0.5, 0.6) is 0 Å². The molecule has 1 aromatic heterocycles. The van der Waals surface area contributed by atoms with Gasteiger partial charge in [0.05, 0.1) is 5.69 Å². The molecular weight excluding hydrogens is 240 g/mol. The van der Waals surface area contributed by atoms with Crippen LogP contribution in [0.3, 0.4) is 0 Å². The third-order valence-corrected chi connectivity index (χ3v) is 3.53. The number of anilines is 1. The number of carbonyl (C=O) groups excluding carboxylic acids is 1. The first-order chi connectivity index (χ1) is 9.20. The summed E-state index contributed by atoms with van der Waals surface area (Å²) in [6.07, 6.45) is 5.38. The summed E-state index contributed by atoms with van der Waals surface area (Å²) in [6.45, 7) is 6.88. The monoisotopic (exact) mass is 264 g/mol. The summed E-state index contributed by atoms with van der Waals surface area (Å²) in [5.41, 5.74) is 7.09. The second-order valence-corrected chi connectivity index (χ2v) is 5.16. The molecule has 0 bridgehead atoms. The van der Waals surface area contributed by atoms with Crippen molar-refractivity contribution in [3.05, 3.63) is 18.0 Å². The maximum absolute atomic E-state index is 12.1. The van der Waals surface area contributed by atoms with Crippen LogP contribution in [0.2, 0.25) is 0 Å². The predicted molar refractivity (Wildman–Crippen MR) is 77.1 cm³/mol. The van der Waals surface area contributed by atoms with Crippen LogP contribution in [0.15, 0.2) is 12.3 Å². The van der Waals surface area contributed by atoms with Crippen molar-refractivity contribution >= 4 is 11.6 Å². The average Bonchev–Trinajstić information content (AvgIpc) is 2.99. The van der Waals surface area contributed by atoms with Crippen LogP contribution < -0.4 is 11.1 Å². The normalized spacial score (nSPS) is 15.8. The van der Waals surface area contributed by atoms with E-state index in [1.165, 1.54) is 12.8 Å². The number of nitrogens with zero attached hydrogens (tertiary/aromatic N) is 2. The van der Waals surface area contributed by atoms with Gasteiger partial charge in [-0.25, -0.2) is 0 Å². The van der Waals surface area contributed by atoms with Crippen molar-refractivity contribution in [3.8, 4) is 0 Å². The quantitative estimate of drug-likeness (QED) is 0.814. The van der Waals surface area contributed by atoms with Gasteiger partial charge in [0.2, 0.25) is 0 Å². The molecule has 1 aromatic rings. The molecule has 106 valence electrons. The highest BCUT2D eigenvalue weighted by Crippen LogP contribution is 2.11. The van der Waals surface area contributed by atoms with Gasteiger partial charge in [-0.05, 0) is 38.4 Å². The second-order valence-electron chi connectivity index (χ2n) is 5.16. The van der Waals surface area contributed by atoms with Crippen molar-refractivity contribution in [2.75, 3.05) is 31.9 Å². The molecule has 5 heteroatoms. The highest BCUT2D eigenvalue weighted by atomic mass is 16.1. The largest absolute Gasteiger partial charge is 0.397 e. The van der Waals surface area contributed by atoms with Gasteiger partial charge in [-0.2, -0.15) is 0 Å². The Hall–Kier alpha value is -1.49. The molecule has 1 aliphatic rings. The molecule has 0 unspecified atom stereocenters. The molecule has 0 radical (unpaired) electrons. The number of aromatic nitrogens is 1. The van der Waals surface area contributed by atoms with Gasteiger partial charge < -0.3 is 20.5 Å². The molecule has 0 saturated carbocycles. The molecule has 2 rings (SSSR count). The molecule has 3 N–H and O–H groups in total. The fraction of sp³-hybridized carbons (Fsp3) is 0.643. The zero-order chi connectivity index (χ0) is 13.7. The number of hydrogen-bond donors (Lipinski definition) is 2. The lowest BCUT2D eigenvalue weighted by Crippen LogP contribution is -2.34. The maximum atomic E-state index is 12.1. The van der Waals surface area contributed by atoms with Crippen LogP contribution in [0.4, 0.5) is 5.69 Å². The summed E-state index contributed by atoms with van der Waals surface area (Å²) in [5.74, 6) is -0.0238. The fourth-order valence-electron chi connectivity index (χ4n) is 2.57. The highest BCUT2D eigenvalue weighted by Gasteiger charge is 2.14. The first-order valence-electron chi connectivity index (χ1n) is 7.17. The minimum absolute atomic E-state index is 0.0238. The van der Waals surface area contributed by atoms with Gasteiger partial charge >= 0.3 is 0 Å². The van der Waals surface area contributed by atoms with E-state index in [-0.39, 0.29) is 5.91 Å². The number of aryl methyl sites for hydroxylation is 1. The maximum Gasteiger partial charge on any atom is 0.268 e. The molecule has 5 nitrogen and oxygen atoms in total. The third kappa shape index (κ3) is 3.73. The van der Waals surface area contributed by atoms with E-state index in [1.54, 1.807) is 6.07 Å². The lowest BCUT2D eigenvalue weighted by atomic mass is 10.3. The molecule has 1 fully saturated rings. The molecule has 2 heterocycles. The molecule has 1 saturated heterocycles. The van der Waals surface area contributed by atoms with Crippen LogP contribution in [-0.2, 0) is 6.54 Å². The van der Waals surface area contributed by atoms with Gasteiger partial charge in [0.25, 0.3) is 5.91 Å². The summed E-state index contributed by atoms with van der Waals surface area (Å²) in [4.78, 5) is 14.5. The summed E-state index contributed by atoms with van der Waals surface area (Å²) < 4.78 is 1.93. The number of nitrogen functional groups attached to an aromatic ring is 1. The number of nitrogens with two attached hydrogens (primary N) is 1. The number of rotatable bonds is 6. The highest BCUT2D eigenvalue weighted by molar-refractivity contribution is 5.93. The molecular formula is C14H24N4O. The van der Waals surface area contributed by atoms with Gasteiger partial charge in [0.15, 0.2) is 0 Å². The zero-order valence-electron chi connectivity index (χ0n) is 11.7. The van der Waals surface area contributed by atoms with Crippen LogP contribution in [-0.4, -0.2) is 41.6 Å². The van der Waals surface area contributed by atoms with E-state index < -0.39 is 0 Å². The summed E-state index contributed by atoms with van der Waals surface area (Å²) >= 11 is 0. The third-order valence-electron chi connectivity index (χ3n) is 3.53. The standard InChI is InChI=1S/C14H24N4O/c1-2-6-18-11-12(15)10-13(18)14(19)16-5-9-17-7-3-4-8-17/h10-11H,2-9,15H2,1H3,(H,16,19). The summed E-state index contributed by atoms with van der Waals surface area (Å²) in [7, 11) is 0. The van der Waals surface area contributed by atoms with Crippen LogP contribution in [0.1, 0.15) is 36.7 Å². The Morgan fingerprint density at radius 3 is 2.79 bits per heavy atom. The molecule has 1 aliphatic heterocycles. The van der Waals surface area contributed by atoms with Gasteiger partial charge in [0, 0.05) is 25.8 Å². The lowest BCUT2D eigenvalue weighted by Gasteiger charge is -2.15. The van der Waals surface area contributed by atoms with Gasteiger partial charge in [-0.1, -0.05) is 6.92 Å².